The second kappa shape index (κ2) is 4.67. The van der Waals surface area contributed by atoms with Crippen LogP contribution in [0, 0.1) is 0 Å². The number of phenolic OH excluding ortho intramolecular Hbond substituents is 1. The number of phenols is 1. The molecule has 3 rings (SSSR count). The molecule has 0 aliphatic heterocycles. The highest BCUT2D eigenvalue weighted by atomic mass is 79.9. The number of hydrogen-bond donors (Lipinski definition) is 1. The van der Waals surface area contributed by atoms with E-state index in [9.17, 15) is 5.11 Å². The van der Waals surface area contributed by atoms with E-state index >= 15 is 0 Å². The van der Waals surface area contributed by atoms with E-state index in [-0.39, 0.29) is 0 Å². The molecule has 0 bridgehead atoms. The number of aryl methyl sites for hydroxylation is 2. The number of hydrogen-bond acceptors (Lipinski definition) is 2. The minimum atomic E-state index is 0.320. The lowest BCUT2D eigenvalue weighted by molar-refractivity contribution is 0.474. The van der Waals surface area contributed by atoms with Crippen LogP contribution < -0.4 is 0 Å². The lowest BCUT2D eigenvalue weighted by Gasteiger charge is -2.09. The molecule has 0 amide bonds. The summed E-state index contributed by atoms with van der Waals surface area (Å²) < 4.78 is 1.99. The van der Waals surface area contributed by atoms with Gasteiger partial charge in [-0.25, -0.2) is 0 Å². The van der Waals surface area contributed by atoms with Crippen LogP contribution in [0.15, 0.2) is 33.3 Å². The molecule has 1 heterocycles. The van der Waals surface area contributed by atoms with Crippen LogP contribution in [0.5, 0.6) is 5.75 Å². The van der Waals surface area contributed by atoms with Crippen molar-refractivity contribution < 1.29 is 5.11 Å². The molecule has 0 unspecified atom stereocenters. The fourth-order valence-corrected chi connectivity index (χ4v) is 3.43. The maximum absolute atomic E-state index is 9.67. The van der Waals surface area contributed by atoms with Gasteiger partial charge in [0.1, 0.15) is 5.75 Å². The van der Waals surface area contributed by atoms with Crippen LogP contribution in [0.1, 0.15) is 22.4 Å². The van der Waals surface area contributed by atoms with E-state index in [1.54, 1.807) is 6.07 Å². The Morgan fingerprint density at radius 3 is 2.67 bits per heavy atom. The van der Waals surface area contributed by atoms with Gasteiger partial charge in [-0.05, 0) is 63.7 Å². The molecule has 0 saturated carbocycles. The maximum Gasteiger partial charge on any atom is 0.116 e. The minimum Gasteiger partial charge on any atom is -0.508 e. The third-order valence-electron chi connectivity index (χ3n) is 3.31. The van der Waals surface area contributed by atoms with Gasteiger partial charge in [0.05, 0.1) is 0 Å². The molecule has 1 aromatic heterocycles. The monoisotopic (exact) mass is 367 g/mol. The van der Waals surface area contributed by atoms with Crippen LogP contribution >= 0.6 is 31.9 Å². The standard InChI is InChI=1S/C14H11Br2NO/c15-10-3-9-2-1-8-4-11(18)5-13(16)12(8)6-14(9)17-7-10/h3-5,7,18H,1-2,6H2. The molecule has 1 N–H and O–H groups in total. The molecule has 1 aliphatic carbocycles. The van der Waals surface area contributed by atoms with Crippen molar-refractivity contribution in [2.24, 2.45) is 0 Å². The molecule has 1 aliphatic rings. The average molecular weight is 369 g/mol. The average Bonchev–Trinajstić information content (AvgIpc) is 2.49. The number of nitrogens with zero attached hydrogens (tertiary/aromatic N) is 1. The smallest absolute Gasteiger partial charge is 0.116 e. The van der Waals surface area contributed by atoms with Gasteiger partial charge in [0.2, 0.25) is 0 Å². The molecule has 0 radical (unpaired) electrons. The van der Waals surface area contributed by atoms with Gasteiger partial charge in [0.15, 0.2) is 0 Å². The molecule has 1 aromatic carbocycles. The molecular weight excluding hydrogens is 358 g/mol. The second-order valence-corrected chi connectivity index (χ2v) is 6.27. The van der Waals surface area contributed by atoms with Crippen molar-refractivity contribution in [2.45, 2.75) is 19.3 Å². The predicted molar refractivity (Wildman–Crippen MR) is 78.0 cm³/mol. The highest BCUT2D eigenvalue weighted by Crippen LogP contribution is 2.32. The van der Waals surface area contributed by atoms with Crippen molar-refractivity contribution in [3.63, 3.8) is 0 Å². The summed E-state index contributed by atoms with van der Waals surface area (Å²) in [5.41, 5.74) is 4.85. The summed E-state index contributed by atoms with van der Waals surface area (Å²) in [7, 11) is 0. The predicted octanol–water partition coefficient (Wildman–Crippen LogP) is 4.00. The highest BCUT2D eigenvalue weighted by Gasteiger charge is 2.17. The Hall–Kier alpha value is -0.870. The first-order valence-corrected chi connectivity index (χ1v) is 7.35. The molecule has 0 saturated heterocycles. The van der Waals surface area contributed by atoms with E-state index in [1.165, 1.54) is 16.7 Å². The number of fused-ring (bicyclic) bond motifs is 2. The van der Waals surface area contributed by atoms with Gasteiger partial charge >= 0.3 is 0 Å². The molecule has 0 spiro atoms. The van der Waals surface area contributed by atoms with Crippen LogP contribution in [0.2, 0.25) is 0 Å². The van der Waals surface area contributed by atoms with E-state index < -0.39 is 0 Å². The maximum atomic E-state index is 9.67. The van der Waals surface area contributed by atoms with Gasteiger partial charge in [-0.15, -0.1) is 0 Å². The third kappa shape index (κ3) is 2.19. The zero-order chi connectivity index (χ0) is 12.7. The fourth-order valence-electron chi connectivity index (χ4n) is 2.42. The molecule has 0 fully saturated rings. The Bertz CT molecular complexity index is 625. The Kier molecular flexibility index (Phi) is 3.16. The lowest BCUT2D eigenvalue weighted by atomic mass is 10.0. The number of pyridine rings is 1. The topological polar surface area (TPSA) is 33.1 Å². The number of aromatic hydroxyl groups is 1. The fraction of sp³-hybridized carbons (Fsp3) is 0.214. The van der Waals surface area contributed by atoms with Crippen LogP contribution in [-0.4, -0.2) is 10.1 Å². The van der Waals surface area contributed by atoms with E-state index in [1.807, 2.05) is 12.3 Å². The van der Waals surface area contributed by atoms with Crippen molar-refractivity contribution >= 4 is 31.9 Å². The molecule has 4 heteroatoms. The van der Waals surface area contributed by atoms with Crippen LogP contribution in [0.3, 0.4) is 0 Å². The van der Waals surface area contributed by atoms with Crippen molar-refractivity contribution in [1.29, 1.82) is 0 Å². The quantitative estimate of drug-likeness (QED) is 0.762. The van der Waals surface area contributed by atoms with Gasteiger partial charge in [0, 0.05) is 27.3 Å². The molecule has 92 valence electrons. The Morgan fingerprint density at radius 2 is 1.83 bits per heavy atom. The Balaban J connectivity index is 2.12. The second-order valence-electron chi connectivity index (χ2n) is 4.50. The summed E-state index contributed by atoms with van der Waals surface area (Å²) in [6, 6.07) is 5.76. The van der Waals surface area contributed by atoms with Gasteiger partial charge in [-0.3, -0.25) is 4.98 Å². The number of benzene rings is 1. The minimum absolute atomic E-state index is 0.320. The normalized spacial score (nSPS) is 13.7. The third-order valence-corrected chi connectivity index (χ3v) is 4.45. The summed E-state index contributed by atoms with van der Waals surface area (Å²) in [6.07, 6.45) is 4.56. The summed E-state index contributed by atoms with van der Waals surface area (Å²) in [4.78, 5) is 4.51. The molecular formula is C14H11Br2NO. The summed E-state index contributed by atoms with van der Waals surface area (Å²) in [6.45, 7) is 0. The lowest BCUT2D eigenvalue weighted by Crippen LogP contribution is -1.97. The Morgan fingerprint density at radius 1 is 1.06 bits per heavy atom. The van der Waals surface area contributed by atoms with Crippen LogP contribution in [-0.2, 0) is 19.3 Å². The zero-order valence-corrected chi connectivity index (χ0v) is 12.8. The summed E-state index contributed by atoms with van der Waals surface area (Å²) >= 11 is 7.00. The van der Waals surface area contributed by atoms with E-state index in [0.717, 1.165) is 33.9 Å². The van der Waals surface area contributed by atoms with Gasteiger partial charge in [-0.1, -0.05) is 15.9 Å². The molecule has 2 aromatic rings. The van der Waals surface area contributed by atoms with Gasteiger partial charge < -0.3 is 5.11 Å². The first-order valence-electron chi connectivity index (χ1n) is 5.77. The van der Waals surface area contributed by atoms with Crippen molar-refractivity contribution in [3.8, 4) is 5.75 Å². The van der Waals surface area contributed by atoms with Crippen LogP contribution in [0.25, 0.3) is 0 Å². The SMILES string of the molecule is Oc1cc(Br)c2c(c1)CCc1cc(Br)cnc1C2. The number of aromatic nitrogens is 1. The highest BCUT2D eigenvalue weighted by molar-refractivity contribution is 9.10. The molecule has 2 nitrogen and oxygen atoms in total. The number of halogens is 2. The largest absolute Gasteiger partial charge is 0.508 e. The molecule has 0 atom stereocenters. The van der Waals surface area contributed by atoms with Gasteiger partial charge in [0.25, 0.3) is 0 Å². The van der Waals surface area contributed by atoms with Crippen molar-refractivity contribution in [2.75, 3.05) is 0 Å². The van der Waals surface area contributed by atoms with E-state index in [0.29, 0.717) is 5.75 Å². The zero-order valence-electron chi connectivity index (χ0n) is 9.58. The van der Waals surface area contributed by atoms with Gasteiger partial charge in [-0.2, -0.15) is 0 Å². The van der Waals surface area contributed by atoms with Crippen molar-refractivity contribution in [1.82, 2.24) is 4.98 Å². The first kappa shape index (κ1) is 12.2. The van der Waals surface area contributed by atoms with Crippen LogP contribution in [0.4, 0.5) is 0 Å². The first-order chi connectivity index (χ1) is 8.63. The van der Waals surface area contributed by atoms with Crippen molar-refractivity contribution in [3.05, 3.63) is 55.7 Å². The summed E-state index contributed by atoms with van der Waals surface area (Å²) in [5, 5.41) is 9.67. The molecule has 18 heavy (non-hydrogen) atoms. The summed E-state index contributed by atoms with van der Waals surface area (Å²) in [5.74, 6) is 0.320. The Labute approximate surface area is 122 Å². The van der Waals surface area contributed by atoms with E-state index in [4.69, 9.17) is 0 Å². The van der Waals surface area contributed by atoms with E-state index in [2.05, 4.69) is 42.9 Å². The number of rotatable bonds is 0.